The summed E-state index contributed by atoms with van der Waals surface area (Å²) in [5.41, 5.74) is 4.48. The summed E-state index contributed by atoms with van der Waals surface area (Å²) in [5, 5.41) is 4.14. The third kappa shape index (κ3) is 3.26. The average molecular weight is 340 g/mol. The van der Waals surface area contributed by atoms with Gasteiger partial charge in [0.05, 0.1) is 12.2 Å². The fourth-order valence-electron chi connectivity index (χ4n) is 3.65. The Morgan fingerprint density at radius 3 is 2.36 bits per heavy atom. The molecule has 0 saturated heterocycles. The van der Waals surface area contributed by atoms with E-state index in [1.807, 2.05) is 36.3 Å². The summed E-state index contributed by atoms with van der Waals surface area (Å²) in [4.78, 5) is 0. The van der Waals surface area contributed by atoms with Crippen molar-refractivity contribution in [2.45, 2.75) is 25.7 Å². The highest BCUT2D eigenvalue weighted by Gasteiger charge is 2.37. The smallest absolute Gasteiger partial charge is 0.148 e. The molecule has 2 aromatic rings. The average Bonchev–Trinajstić information content (AvgIpc) is 3.40. The van der Waals surface area contributed by atoms with Crippen molar-refractivity contribution in [3.05, 3.63) is 77.0 Å². The van der Waals surface area contributed by atoms with E-state index in [0.717, 1.165) is 24.9 Å². The molecule has 1 fully saturated rings. The van der Waals surface area contributed by atoms with Crippen LogP contribution >= 0.6 is 0 Å². The van der Waals surface area contributed by atoms with Crippen LogP contribution in [0.1, 0.15) is 24.8 Å². The molecule has 4 rings (SSSR count). The topological polar surface area (TPSA) is 6.48 Å². The Balaban J connectivity index is 1.55. The van der Waals surface area contributed by atoms with Gasteiger partial charge in [0, 0.05) is 12.7 Å². The lowest BCUT2D eigenvalue weighted by atomic mass is 10.0. The summed E-state index contributed by atoms with van der Waals surface area (Å²) in [6.45, 7) is 0.765. The first-order valence-electron chi connectivity index (χ1n) is 8.85. The largest absolute Gasteiger partial charge is 0.292 e. The molecule has 1 saturated carbocycles. The van der Waals surface area contributed by atoms with Crippen LogP contribution in [0.5, 0.6) is 0 Å². The highest BCUT2D eigenvalue weighted by Crippen LogP contribution is 2.44. The van der Waals surface area contributed by atoms with E-state index >= 15 is 0 Å². The maximum Gasteiger partial charge on any atom is 0.148 e. The maximum atomic E-state index is 14.3. The molecule has 0 N–H and O–H groups in total. The molecule has 2 aromatic carbocycles. The van der Waals surface area contributed by atoms with E-state index in [2.05, 4.69) is 5.01 Å². The lowest BCUT2D eigenvalue weighted by Crippen LogP contribution is -2.35. The number of allylic oxidation sites excluding steroid dienone is 1. The minimum Gasteiger partial charge on any atom is -0.292 e. The van der Waals surface area contributed by atoms with Crippen LogP contribution < -0.4 is 5.01 Å². The summed E-state index contributed by atoms with van der Waals surface area (Å²) < 4.78 is 27.3. The van der Waals surface area contributed by atoms with Crippen molar-refractivity contribution >= 4 is 5.69 Å². The zero-order chi connectivity index (χ0) is 17.4. The van der Waals surface area contributed by atoms with E-state index < -0.39 is 0 Å². The zero-order valence-corrected chi connectivity index (χ0v) is 14.4. The minimum atomic E-state index is -0.203. The standard InChI is InChI=1S/C21H22F2N2/c1-24-20(13-8-15-6-11-17(22)12-7-15)18(16-9-10-16)14-25(24)21-5-3-2-4-19(21)23/h2-7,11-12,16H,8-10,13-14H2,1H3. The van der Waals surface area contributed by atoms with Crippen LogP contribution in [-0.2, 0) is 6.42 Å². The predicted molar refractivity (Wildman–Crippen MR) is 96.0 cm³/mol. The van der Waals surface area contributed by atoms with Gasteiger partial charge in [-0.25, -0.2) is 8.78 Å². The highest BCUT2D eigenvalue weighted by atomic mass is 19.1. The van der Waals surface area contributed by atoms with Crippen molar-refractivity contribution in [1.29, 1.82) is 0 Å². The number of nitrogens with zero attached hydrogens (tertiary/aromatic N) is 2. The summed E-state index contributed by atoms with van der Waals surface area (Å²) >= 11 is 0. The van der Waals surface area contributed by atoms with Gasteiger partial charge in [-0.15, -0.1) is 0 Å². The second-order valence-electron chi connectivity index (χ2n) is 6.91. The van der Waals surface area contributed by atoms with Gasteiger partial charge in [-0.05, 0) is 67.0 Å². The van der Waals surface area contributed by atoms with E-state index in [0.29, 0.717) is 11.6 Å². The van der Waals surface area contributed by atoms with Crippen LogP contribution in [-0.4, -0.2) is 18.6 Å². The molecule has 2 nitrogen and oxygen atoms in total. The van der Waals surface area contributed by atoms with Crippen LogP contribution in [0.2, 0.25) is 0 Å². The van der Waals surface area contributed by atoms with Crippen LogP contribution in [0, 0.1) is 17.6 Å². The van der Waals surface area contributed by atoms with Gasteiger partial charge in [0.1, 0.15) is 11.6 Å². The van der Waals surface area contributed by atoms with Gasteiger partial charge in [0.15, 0.2) is 0 Å². The molecule has 2 aliphatic rings. The Morgan fingerprint density at radius 2 is 1.68 bits per heavy atom. The van der Waals surface area contributed by atoms with Gasteiger partial charge >= 0.3 is 0 Å². The summed E-state index contributed by atoms with van der Waals surface area (Å²) in [7, 11) is 2.02. The van der Waals surface area contributed by atoms with Crippen LogP contribution in [0.4, 0.5) is 14.5 Å². The quantitative estimate of drug-likeness (QED) is 0.761. The molecule has 1 heterocycles. The SMILES string of the molecule is CN1C(CCc2ccc(F)cc2)=C(C2CC2)CN1c1ccccc1F. The molecule has 130 valence electrons. The molecular formula is C21H22F2N2. The molecule has 0 unspecified atom stereocenters. The van der Waals surface area contributed by atoms with Crippen molar-refractivity contribution in [3.8, 4) is 0 Å². The Hall–Kier alpha value is -2.36. The van der Waals surface area contributed by atoms with Crippen LogP contribution in [0.3, 0.4) is 0 Å². The third-order valence-corrected chi connectivity index (χ3v) is 5.21. The third-order valence-electron chi connectivity index (χ3n) is 5.21. The number of hydrogen-bond acceptors (Lipinski definition) is 2. The first-order chi connectivity index (χ1) is 12.1. The molecule has 0 spiro atoms. The van der Waals surface area contributed by atoms with Gasteiger partial charge < -0.3 is 0 Å². The van der Waals surface area contributed by atoms with Gasteiger partial charge in [-0.2, -0.15) is 0 Å². The Morgan fingerprint density at radius 1 is 0.960 bits per heavy atom. The molecular weight excluding hydrogens is 318 g/mol. The van der Waals surface area contributed by atoms with Crippen molar-refractivity contribution < 1.29 is 8.78 Å². The molecule has 1 aliphatic heterocycles. The second-order valence-corrected chi connectivity index (χ2v) is 6.91. The van der Waals surface area contributed by atoms with Crippen LogP contribution in [0.25, 0.3) is 0 Å². The molecule has 1 aliphatic carbocycles. The number of benzene rings is 2. The van der Waals surface area contributed by atoms with Crippen LogP contribution in [0.15, 0.2) is 59.8 Å². The summed E-state index contributed by atoms with van der Waals surface area (Å²) in [5.74, 6) is 0.247. The monoisotopic (exact) mass is 340 g/mol. The molecule has 0 amide bonds. The molecule has 25 heavy (non-hydrogen) atoms. The number of rotatable bonds is 5. The fraction of sp³-hybridized carbons (Fsp3) is 0.333. The molecule has 0 aromatic heterocycles. The molecule has 0 atom stereocenters. The van der Waals surface area contributed by atoms with Gasteiger partial charge in [-0.3, -0.25) is 10.0 Å². The first kappa shape index (κ1) is 16.1. The number of hydrazine groups is 1. The van der Waals surface area contributed by atoms with E-state index in [9.17, 15) is 8.78 Å². The van der Waals surface area contributed by atoms with E-state index in [1.165, 1.54) is 42.3 Å². The Bertz CT molecular complexity index is 794. The van der Waals surface area contributed by atoms with E-state index in [4.69, 9.17) is 0 Å². The van der Waals surface area contributed by atoms with E-state index in [-0.39, 0.29) is 11.6 Å². The summed E-state index contributed by atoms with van der Waals surface area (Å²) in [6, 6.07) is 13.6. The van der Waals surface area contributed by atoms with Crippen molar-refractivity contribution in [3.63, 3.8) is 0 Å². The van der Waals surface area contributed by atoms with Gasteiger partial charge in [-0.1, -0.05) is 24.3 Å². The van der Waals surface area contributed by atoms with Crippen molar-refractivity contribution in [2.24, 2.45) is 5.92 Å². The number of halogens is 2. The maximum absolute atomic E-state index is 14.3. The summed E-state index contributed by atoms with van der Waals surface area (Å²) in [6.07, 6.45) is 4.21. The lowest BCUT2D eigenvalue weighted by Gasteiger charge is -2.30. The number of hydrogen-bond donors (Lipinski definition) is 0. The minimum absolute atomic E-state index is 0.190. The lowest BCUT2D eigenvalue weighted by molar-refractivity contribution is 0.400. The molecule has 4 heteroatoms. The van der Waals surface area contributed by atoms with Gasteiger partial charge in [0.25, 0.3) is 0 Å². The number of aryl methyl sites for hydroxylation is 1. The highest BCUT2D eigenvalue weighted by molar-refractivity contribution is 5.52. The fourth-order valence-corrected chi connectivity index (χ4v) is 3.65. The Kier molecular flexibility index (Phi) is 4.20. The van der Waals surface area contributed by atoms with Crippen molar-refractivity contribution in [1.82, 2.24) is 5.01 Å². The van der Waals surface area contributed by atoms with Crippen molar-refractivity contribution in [2.75, 3.05) is 18.6 Å². The predicted octanol–water partition coefficient (Wildman–Crippen LogP) is 4.93. The Labute approximate surface area is 147 Å². The molecule has 0 radical (unpaired) electrons. The zero-order valence-electron chi connectivity index (χ0n) is 14.4. The first-order valence-corrected chi connectivity index (χ1v) is 8.85. The normalized spacial score (nSPS) is 17.6. The number of anilines is 1. The second kappa shape index (κ2) is 6.51. The molecule has 0 bridgehead atoms. The number of para-hydroxylation sites is 1. The van der Waals surface area contributed by atoms with Gasteiger partial charge in [0.2, 0.25) is 0 Å². The van der Waals surface area contributed by atoms with E-state index in [1.54, 1.807) is 6.07 Å².